The van der Waals surface area contributed by atoms with Crippen molar-refractivity contribution in [2.45, 2.75) is 52.0 Å². The van der Waals surface area contributed by atoms with E-state index < -0.39 is 0 Å². The molecule has 2 fully saturated rings. The fourth-order valence-corrected chi connectivity index (χ4v) is 3.36. The average Bonchev–Trinajstić information content (AvgIpc) is 3.51. The SMILES string of the molecule is CCCCOc1cccc(CNC(=O)C2CCN(C(=O)C3CC3)CC2)c1. The highest BCUT2D eigenvalue weighted by atomic mass is 16.5. The molecule has 0 atom stereocenters. The number of ether oxygens (including phenoxy) is 1. The molecule has 3 rings (SSSR count). The van der Waals surface area contributed by atoms with Gasteiger partial charge in [-0.15, -0.1) is 0 Å². The van der Waals surface area contributed by atoms with E-state index in [0.29, 0.717) is 25.5 Å². The van der Waals surface area contributed by atoms with Gasteiger partial charge in [-0.2, -0.15) is 0 Å². The molecule has 1 heterocycles. The second-order valence-corrected chi connectivity index (χ2v) is 7.44. The van der Waals surface area contributed by atoms with Crippen molar-refractivity contribution in [3.05, 3.63) is 29.8 Å². The van der Waals surface area contributed by atoms with Crippen LogP contribution in [0.1, 0.15) is 51.0 Å². The molecule has 2 aliphatic rings. The number of benzene rings is 1. The lowest BCUT2D eigenvalue weighted by Gasteiger charge is -2.31. The van der Waals surface area contributed by atoms with Crippen LogP contribution in [0.2, 0.25) is 0 Å². The first kappa shape index (κ1) is 18.7. The van der Waals surface area contributed by atoms with E-state index in [9.17, 15) is 9.59 Å². The number of nitrogens with one attached hydrogen (secondary N) is 1. The van der Waals surface area contributed by atoms with Crippen molar-refractivity contribution in [2.24, 2.45) is 11.8 Å². The predicted octanol–water partition coefficient (Wildman–Crippen LogP) is 3.13. The van der Waals surface area contributed by atoms with E-state index in [1.54, 1.807) is 0 Å². The molecule has 2 amide bonds. The van der Waals surface area contributed by atoms with Crippen molar-refractivity contribution in [3.8, 4) is 5.75 Å². The first-order valence-electron chi connectivity index (χ1n) is 9.95. The second kappa shape index (κ2) is 9.06. The first-order valence-corrected chi connectivity index (χ1v) is 9.95. The van der Waals surface area contributed by atoms with Crippen LogP contribution in [0.25, 0.3) is 0 Å². The normalized spacial score (nSPS) is 17.8. The Morgan fingerprint density at radius 3 is 2.62 bits per heavy atom. The smallest absolute Gasteiger partial charge is 0.225 e. The maximum absolute atomic E-state index is 12.4. The molecule has 1 aliphatic heterocycles. The molecule has 1 saturated heterocycles. The van der Waals surface area contributed by atoms with Gasteiger partial charge in [0.05, 0.1) is 6.61 Å². The van der Waals surface area contributed by atoms with Crippen LogP contribution >= 0.6 is 0 Å². The third-order valence-electron chi connectivity index (χ3n) is 5.24. The number of carbonyl (C=O) groups excluding carboxylic acids is 2. The molecule has 5 heteroatoms. The molecular formula is C21H30N2O3. The number of unbranched alkanes of at least 4 members (excludes halogenated alkanes) is 1. The van der Waals surface area contributed by atoms with Gasteiger partial charge < -0.3 is 15.0 Å². The molecule has 0 bridgehead atoms. The van der Waals surface area contributed by atoms with Crippen molar-refractivity contribution in [3.63, 3.8) is 0 Å². The molecule has 26 heavy (non-hydrogen) atoms. The summed E-state index contributed by atoms with van der Waals surface area (Å²) in [5.41, 5.74) is 1.05. The Bertz CT molecular complexity index is 619. The number of hydrogen-bond donors (Lipinski definition) is 1. The minimum absolute atomic E-state index is 0.0160. The van der Waals surface area contributed by atoms with Gasteiger partial charge in [-0.05, 0) is 49.8 Å². The van der Waals surface area contributed by atoms with Crippen molar-refractivity contribution < 1.29 is 14.3 Å². The maximum atomic E-state index is 12.4. The highest BCUT2D eigenvalue weighted by Crippen LogP contribution is 2.32. The third kappa shape index (κ3) is 5.23. The number of piperidine rings is 1. The largest absolute Gasteiger partial charge is 0.494 e. The minimum Gasteiger partial charge on any atom is -0.494 e. The molecule has 0 aromatic heterocycles. The maximum Gasteiger partial charge on any atom is 0.225 e. The Kier molecular flexibility index (Phi) is 6.53. The lowest BCUT2D eigenvalue weighted by atomic mass is 9.95. The van der Waals surface area contributed by atoms with Crippen molar-refractivity contribution in [2.75, 3.05) is 19.7 Å². The number of rotatable bonds is 8. The van der Waals surface area contributed by atoms with Crippen LogP contribution < -0.4 is 10.1 Å². The van der Waals surface area contributed by atoms with Crippen LogP contribution in [0, 0.1) is 11.8 Å². The van der Waals surface area contributed by atoms with Crippen molar-refractivity contribution >= 4 is 11.8 Å². The second-order valence-electron chi connectivity index (χ2n) is 7.44. The fourth-order valence-electron chi connectivity index (χ4n) is 3.36. The lowest BCUT2D eigenvalue weighted by molar-refractivity contribution is -0.136. The summed E-state index contributed by atoms with van der Waals surface area (Å²) in [7, 11) is 0. The molecule has 1 aromatic rings. The van der Waals surface area contributed by atoms with Gasteiger partial charge in [0.1, 0.15) is 5.75 Å². The lowest BCUT2D eigenvalue weighted by Crippen LogP contribution is -2.43. The monoisotopic (exact) mass is 358 g/mol. The van der Waals surface area contributed by atoms with Crippen molar-refractivity contribution in [1.29, 1.82) is 0 Å². The van der Waals surface area contributed by atoms with Crippen LogP contribution in [0.15, 0.2) is 24.3 Å². The predicted molar refractivity (Wildman–Crippen MR) is 101 cm³/mol. The zero-order valence-electron chi connectivity index (χ0n) is 15.7. The Hall–Kier alpha value is -2.04. The summed E-state index contributed by atoms with van der Waals surface area (Å²) in [4.78, 5) is 26.5. The summed E-state index contributed by atoms with van der Waals surface area (Å²) < 4.78 is 5.72. The van der Waals surface area contributed by atoms with Gasteiger partial charge in [0.15, 0.2) is 0 Å². The molecule has 0 unspecified atom stereocenters. The molecule has 1 aromatic carbocycles. The molecule has 5 nitrogen and oxygen atoms in total. The quantitative estimate of drug-likeness (QED) is 0.727. The van der Waals surface area contributed by atoms with Gasteiger partial charge in [-0.25, -0.2) is 0 Å². The van der Waals surface area contributed by atoms with E-state index in [4.69, 9.17) is 4.74 Å². The highest BCUT2D eigenvalue weighted by Gasteiger charge is 2.35. The van der Waals surface area contributed by atoms with Gasteiger partial charge in [0.25, 0.3) is 0 Å². The molecule has 1 aliphatic carbocycles. The number of likely N-dealkylation sites (tertiary alicyclic amines) is 1. The number of nitrogens with zero attached hydrogens (tertiary/aromatic N) is 1. The van der Waals surface area contributed by atoms with Crippen LogP contribution in [-0.2, 0) is 16.1 Å². The van der Waals surface area contributed by atoms with Gasteiger partial charge in [-0.1, -0.05) is 25.5 Å². The highest BCUT2D eigenvalue weighted by molar-refractivity contribution is 5.82. The Morgan fingerprint density at radius 2 is 1.92 bits per heavy atom. The minimum atomic E-state index is 0.0160. The number of hydrogen-bond acceptors (Lipinski definition) is 3. The summed E-state index contributed by atoms with van der Waals surface area (Å²) >= 11 is 0. The third-order valence-corrected chi connectivity index (χ3v) is 5.24. The average molecular weight is 358 g/mol. The zero-order valence-corrected chi connectivity index (χ0v) is 15.7. The first-order chi connectivity index (χ1) is 12.7. The summed E-state index contributed by atoms with van der Waals surface area (Å²) in [6, 6.07) is 7.91. The molecular weight excluding hydrogens is 328 g/mol. The zero-order chi connectivity index (χ0) is 18.4. The Balaban J connectivity index is 1.41. The van der Waals surface area contributed by atoms with Crippen LogP contribution in [-0.4, -0.2) is 36.4 Å². The van der Waals surface area contributed by atoms with E-state index in [1.807, 2.05) is 29.2 Å². The van der Waals surface area contributed by atoms with E-state index in [2.05, 4.69) is 12.2 Å². The van der Waals surface area contributed by atoms with Gasteiger partial charge in [0, 0.05) is 31.5 Å². The standard InChI is InChI=1S/C21H30N2O3/c1-2-3-13-26-19-6-4-5-16(14-19)15-22-20(24)17-9-11-23(12-10-17)21(25)18-7-8-18/h4-6,14,17-18H,2-3,7-13,15H2,1H3,(H,22,24). The van der Waals surface area contributed by atoms with E-state index >= 15 is 0 Å². The summed E-state index contributed by atoms with van der Waals surface area (Å²) in [5, 5.41) is 3.04. The van der Waals surface area contributed by atoms with Crippen LogP contribution in [0.3, 0.4) is 0 Å². The number of carbonyl (C=O) groups is 2. The molecule has 0 spiro atoms. The number of amides is 2. The molecule has 0 radical (unpaired) electrons. The topological polar surface area (TPSA) is 58.6 Å². The Labute approximate surface area is 156 Å². The Morgan fingerprint density at radius 1 is 1.15 bits per heavy atom. The van der Waals surface area contributed by atoms with E-state index in [1.165, 1.54) is 0 Å². The van der Waals surface area contributed by atoms with Gasteiger partial charge >= 0.3 is 0 Å². The van der Waals surface area contributed by atoms with E-state index in [-0.39, 0.29) is 17.7 Å². The summed E-state index contributed by atoms with van der Waals surface area (Å²) in [6.45, 7) is 4.82. The van der Waals surface area contributed by atoms with Gasteiger partial charge in [0.2, 0.25) is 11.8 Å². The fraction of sp³-hybridized carbons (Fsp3) is 0.619. The molecule has 1 N–H and O–H groups in total. The summed E-state index contributed by atoms with van der Waals surface area (Å²) in [6.07, 6.45) is 5.78. The van der Waals surface area contributed by atoms with Crippen molar-refractivity contribution in [1.82, 2.24) is 10.2 Å². The van der Waals surface area contributed by atoms with E-state index in [0.717, 1.165) is 56.4 Å². The van der Waals surface area contributed by atoms with Crippen LogP contribution in [0.4, 0.5) is 0 Å². The van der Waals surface area contributed by atoms with Gasteiger partial charge in [-0.3, -0.25) is 9.59 Å². The molecule has 142 valence electrons. The van der Waals surface area contributed by atoms with Crippen LogP contribution in [0.5, 0.6) is 5.75 Å². The summed E-state index contributed by atoms with van der Waals surface area (Å²) in [5.74, 6) is 1.54. The molecule has 1 saturated carbocycles.